The van der Waals surface area contributed by atoms with Crippen molar-refractivity contribution in [1.29, 1.82) is 0 Å². The van der Waals surface area contributed by atoms with Gasteiger partial charge in [0.05, 0.1) is 25.4 Å². The summed E-state index contributed by atoms with van der Waals surface area (Å²) >= 11 is 0. The molecule has 0 spiro atoms. The molecule has 7 unspecified atom stereocenters. The Labute approximate surface area is 413 Å². The van der Waals surface area contributed by atoms with Gasteiger partial charge in [0.15, 0.2) is 6.29 Å². The summed E-state index contributed by atoms with van der Waals surface area (Å²) in [7, 11) is 0. The number of carbonyl (C=O) groups is 1. The summed E-state index contributed by atoms with van der Waals surface area (Å²) in [5.41, 5.74) is 0. The molecule has 0 aromatic rings. The molecule has 1 heterocycles. The lowest BCUT2D eigenvalue weighted by Crippen LogP contribution is -2.60. The highest BCUT2D eigenvalue weighted by Gasteiger charge is 2.44. The monoisotopic (exact) mass is 944 g/mol. The highest BCUT2D eigenvalue weighted by atomic mass is 16.7. The predicted molar refractivity (Wildman–Crippen MR) is 285 cm³/mol. The van der Waals surface area contributed by atoms with E-state index in [1.54, 1.807) is 6.08 Å². The van der Waals surface area contributed by atoms with Crippen LogP contribution in [-0.2, 0) is 14.3 Å². The van der Waals surface area contributed by atoms with E-state index in [0.717, 1.165) is 141 Å². The molecule has 9 heteroatoms. The van der Waals surface area contributed by atoms with Gasteiger partial charge in [0.25, 0.3) is 0 Å². The number of aliphatic hydroxyl groups excluding tert-OH is 5. The summed E-state index contributed by atoms with van der Waals surface area (Å²) in [5, 5.41) is 53.8. The van der Waals surface area contributed by atoms with Crippen molar-refractivity contribution in [2.45, 2.75) is 204 Å². The second-order valence-corrected chi connectivity index (χ2v) is 17.2. The Kier molecular flexibility index (Phi) is 42.7. The van der Waals surface area contributed by atoms with E-state index < -0.39 is 49.5 Å². The van der Waals surface area contributed by atoms with Crippen LogP contribution in [0.3, 0.4) is 0 Å². The van der Waals surface area contributed by atoms with Crippen LogP contribution in [-0.4, -0.2) is 87.5 Å². The summed E-state index contributed by atoms with van der Waals surface area (Å²) in [6.07, 6.45) is 66.6. The van der Waals surface area contributed by atoms with E-state index in [1.807, 2.05) is 6.08 Å². The molecule has 0 bridgehead atoms. The van der Waals surface area contributed by atoms with E-state index in [1.165, 1.54) is 0 Å². The first-order chi connectivity index (χ1) is 33.3. The number of unbranched alkanes of at least 4 members (excludes halogenated alkanes) is 9. The molecule has 1 rings (SSSR count). The lowest BCUT2D eigenvalue weighted by molar-refractivity contribution is -0.302. The zero-order chi connectivity index (χ0) is 49.4. The number of allylic oxidation sites excluding steroid dienone is 23. The summed E-state index contributed by atoms with van der Waals surface area (Å²) in [6, 6.07) is -0.822. The maximum Gasteiger partial charge on any atom is 0.220 e. The number of rotatable bonds is 41. The highest BCUT2D eigenvalue weighted by Crippen LogP contribution is 2.22. The summed E-state index contributed by atoms with van der Waals surface area (Å²) in [5.74, 6) is -0.210. The smallest absolute Gasteiger partial charge is 0.220 e. The van der Waals surface area contributed by atoms with E-state index >= 15 is 0 Å². The fourth-order valence-corrected chi connectivity index (χ4v) is 7.04. The molecule has 6 N–H and O–H groups in total. The Morgan fingerprint density at radius 3 is 1.35 bits per heavy atom. The zero-order valence-corrected chi connectivity index (χ0v) is 42.0. The van der Waals surface area contributed by atoms with Crippen molar-refractivity contribution in [1.82, 2.24) is 5.32 Å². The molecule has 0 saturated carbocycles. The zero-order valence-electron chi connectivity index (χ0n) is 42.0. The molecule has 0 aromatic heterocycles. The van der Waals surface area contributed by atoms with Crippen LogP contribution in [0.1, 0.15) is 162 Å². The average molecular weight is 944 g/mol. The molecule has 1 aliphatic heterocycles. The molecular weight excluding hydrogens is 851 g/mol. The third-order valence-electron chi connectivity index (χ3n) is 11.2. The second-order valence-electron chi connectivity index (χ2n) is 17.2. The number of hydrogen-bond donors (Lipinski definition) is 6. The Balaban J connectivity index is 2.13. The van der Waals surface area contributed by atoms with Gasteiger partial charge >= 0.3 is 0 Å². The molecule has 0 aliphatic carbocycles. The minimum absolute atomic E-state index is 0.208. The lowest BCUT2D eigenvalue weighted by atomic mass is 9.99. The maximum absolute atomic E-state index is 12.9. The lowest BCUT2D eigenvalue weighted by Gasteiger charge is -2.40. The Morgan fingerprint density at radius 2 is 0.912 bits per heavy atom. The van der Waals surface area contributed by atoms with Crippen molar-refractivity contribution in [3.8, 4) is 0 Å². The van der Waals surface area contributed by atoms with Crippen LogP contribution < -0.4 is 5.32 Å². The van der Waals surface area contributed by atoms with Crippen molar-refractivity contribution in [2.75, 3.05) is 13.2 Å². The molecule has 382 valence electrons. The minimum atomic E-state index is -1.58. The molecular formula is C59H93NO8. The van der Waals surface area contributed by atoms with Gasteiger partial charge < -0.3 is 40.3 Å². The number of amides is 1. The maximum atomic E-state index is 12.9. The van der Waals surface area contributed by atoms with Crippen LogP contribution in [0.4, 0.5) is 0 Å². The van der Waals surface area contributed by atoms with Gasteiger partial charge in [-0.25, -0.2) is 0 Å². The number of carbonyl (C=O) groups excluding carboxylic acids is 1. The SMILES string of the molecule is CC/C=C\C/C=C\C/C=C\C/C=C\C/C=C\C/C=C\C/C=C\C/C=C\C/C=C\C/C=C\C/C=C\CCCCCCCC(=O)NC(COC1OC(CO)C(O)C(O)C1O)C(O)/C=C/CCCCCC. The topological polar surface area (TPSA) is 149 Å². The fraction of sp³-hybridized carbons (Fsp3) is 0.576. The Hall–Kier alpha value is -3.93. The van der Waals surface area contributed by atoms with Crippen LogP contribution in [0.5, 0.6) is 0 Å². The summed E-state index contributed by atoms with van der Waals surface area (Å²) in [6.45, 7) is 3.53. The van der Waals surface area contributed by atoms with Gasteiger partial charge in [-0.2, -0.15) is 0 Å². The van der Waals surface area contributed by atoms with Gasteiger partial charge in [0.2, 0.25) is 5.91 Å². The molecule has 1 saturated heterocycles. The van der Waals surface area contributed by atoms with Crippen molar-refractivity contribution in [3.05, 3.63) is 146 Å². The van der Waals surface area contributed by atoms with Crippen molar-refractivity contribution >= 4 is 5.91 Å². The minimum Gasteiger partial charge on any atom is -0.394 e. The molecule has 1 fully saturated rings. The van der Waals surface area contributed by atoms with E-state index in [9.17, 15) is 30.3 Å². The summed E-state index contributed by atoms with van der Waals surface area (Å²) < 4.78 is 11.1. The van der Waals surface area contributed by atoms with Gasteiger partial charge in [-0.05, 0) is 103 Å². The molecule has 7 atom stereocenters. The fourth-order valence-electron chi connectivity index (χ4n) is 7.04. The largest absolute Gasteiger partial charge is 0.394 e. The number of nitrogens with one attached hydrogen (secondary N) is 1. The second kappa shape index (κ2) is 46.8. The predicted octanol–water partition coefficient (Wildman–Crippen LogP) is 12.3. The first-order valence-electron chi connectivity index (χ1n) is 26.1. The average Bonchev–Trinajstić information content (AvgIpc) is 3.34. The van der Waals surface area contributed by atoms with E-state index in [-0.39, 0.29) is 12.5 Å². The van der Waals surface area contributed by atoms with E-state index in [4.69, 9.17) is 9.47 Å². The first kappa shape index (κ1) is 62.1. The summed E-state index contributed by atoms with van der Waals surface area (Å²) in [4.78, 5) is 12.9. The molecule has 1 aliphatic rings. The van der Waals surface area contributed by atoms with Crippen LogP contribution in [0.25, 0.3) is 0 Å². The third kappa shape index (κ3) is 36.1. The van der Waals surface area contributed by atoms with E-state index in [0.29, 0.717) is 6.42 Å². The molecule has 1 amide bonds. The van der Waals surface area contributed by atoms with Gasteiger partial charge in [-0.1, -0.05) is 198 Å². The standard InChI is InChI=1S/C59H93NO8/c1-3-5-7-9-11-12-13-14-15-16-17-18-19-20-21-22-23-24-25-26-27-28-29-30-31-32-33-34-35-36-37-38-39-40-41-42-43-45-47-49-55(63)60-52(53(62)48-46-44-10-8-6-4-2)51-67-59-58(66)57(65)56(64)54(50-61)68-59/h5,7,11-12,14-15,17-18,20-21,23-24,26-27,29-30,32-33,35-36,38-39,46,48,52-54,56-59,61-62,64-66H,3-4,6,8-10,13,16,19,22,25,28,31,34,37,40-45,47,49-51H2,1-2H3,(H,60,63)/b7-5-,12-11-,15-14-,18-17-,21-20-,24-23-,27-26-,30-29-,33-32-,36-35-,39-38-,48-46+. The third-order valence-corrected chi connectivity index (χ3v) is 11.2. The number of aliphatic hydroxyl groups is 5. The van der Waals surface area contributed by atoms with Crippen LogP contribution in [0.15, 0.2) is 146 Å². The van der Waals surface area contributed by atoms with Crippen molar-refractivity contribution in [2.24, 2.45) is 0 Å². The molecule has 9 nitrogen and oxygen atoms in total. The van der Waals surface area contributed by atoms with Gasteiger partial charge in [-0.15, -0.1) is 0 Å². The molecule has 68 heavy (non-hydrogen) atoms. The molecule has 0 aromatic carbocycles. The normalized spacial score (nSPS) is 20.8. The van der Waals surface area contributed by atoms with Gasteiger partial charge in [0, 0.05) is 6.42 Å². The number of ether oxygens (including phenoxy) is 2. The quantitative estimate of drug-likeness (QED) is 0.0262. The van der Waals surface area contributed by atoms with Gasteiger partial charge in [0.1, 0.15) is 24.4 Å². The number of hydrogen-bond acceptors (Lipinski definition) is 8. The van der Waals surface area contributed by atoms with Crippen molar-refractivity contribution < 1.29 is 39.8 Å². The highest BCUT2D eigenvalue weighted by molar-refractivity contribution is 5.76. The van der Waals surface area contributed by atoms with Crippen molar-refractivity contribution in [3.63, 3.8) is 0 Å². The van der Waals surface area contributed by atoms with Crippen LogP contribution in [0, 0.1) is 0 Å². The first-order valence-corrected chi connectivity index (χ1v) is 26.1. The Morgan fingerprint density at radius 1 is 0.515 bits per heavy atom. The van der Waals surface area contributed by atoms with Crippen LogP contribution in [0.2, 0.25) is 0 Å². The van der Waals surface area contributed by atoms with Crippen LogP contribution >= 0.6 is 0 Å². The van der Waals surface area contributed by atoms with Gasteiger partial charge in [-0.3, -0.25) is 4.79 Å². The van der Waals surface area contributed by atoms with E-state index in [2.05, 4.69) is 153 Å². The molecule has 0 radical (unpaired) electrons. The Bertz CT molecular complexity index is 1560.